The zero-order valence-electron chi connectivity index (χ0n) is 18.4. The summed E-state index contributed by atoms with van der Waals surface area (Å²) in [4.78, 5) is 20.3. The molecule has 7 nitrogen and oxygen atoms in total. The van der Waals surface area contributed by atoms with E-state index in [0.29, 0.717) is 19.2 Å². The Bertz CT molecular complexity index is 871. The van der Waals surface area contributed by atoms with Gasteiger partial charge in [0.1, 0.15) is 6.10 Å². The molecule has 3 heterocycles. The molecule has 0 radical (unpaired) electrons. The molecule has 1 aliphatic carbocycles. The van der Waals surface area contributed by atoms with Crippen molar-refractivity contribution in [2.24, 2.45) is 0 Å². The van der Waals surface area contributed by atoms with Crippen molar-refractivity contribution in [3.05, 3.63) is 29.7 Å². The van der Waals surface area contributed by atoms with Gasteiger partial charge in [0.2, 0.25) is 0 Å². The van der Waals surface area contributed by atoms with Crippen molar-refractivity contribution in [3.8, 4) is 0 Å². The molecule has 1 amide bonds. The highest BCUT2D eigenvalue weighted by Gasteiger charge is 2.40. The summed E-state index contributed by atoms with van der Waals surface area (Å²) in [5.41, 5.74) is 3.26. The molecule has 2 aromatic heterocycles. The topological polar surface area (TPSA) is 68.6 Å². The Kier molecular flexibility index (Phi) is 6.71. The number of aryl methyl sites for hydroxylation is 2. The van der Waals surface area contributed by atoms with E-state index in [4.69, 9.17) is 14.5 Å². The molecular formula is C23H34N4O3. The van der Waals surface area contributed by atoms with Crippen molar-refractivity contribution in [2.45, 2.75) is 64.3 Å². The highest BCUT2D eigenvalue weighted by molar-refractivity contribution is 5.84. The third-order valence-corrected chi connectivity index (χ3v) is 6.19. The molecular weight excluding hydrogens is 380 g/mol. The van der Waals surface area contributed by atoms with Gasteiger partial charge in [-0.15, -0.1) is 0 Å². The van der Waals surface area contributed by atoms with Crippen molar-refractivity contribution in [3.63, 3.8) is 0 Å². The fourth-order valence-electron chi connectivity index (χ4n) is 4.41. The summed E-state index contributed by atoms with van der Waals surface area (Å²) in [6.45, 7) is 7.88. The second-order valence-corrected chi connectivity index (χ2v) is 8.35. The molecule has 1 N–H and O–H groups in total. The number of hydrogen-bond acceptors (Lipinski definition) is 5. The summed E-state index contributed by atoms with van der Waals surface area (Å²) in [7, 11) is 1.74. The van der Waals surface area contributed by atoms with Crippen LogP contribution in [0.25, 0.3) is 10.9 Å². The predicted molar refractivity (Wildman–Crippen MR) is 116 cm³/mol. The summed E-state index contributed by atoms with van der Waals surface area (Å²) in [5.74, 6) is 0.0904. The fraction of sp³-hybridized carbons (Fsp3) is 0.652. The van der Waals surface area contributed by atoms with Gasteiger partial charge in [-0.25, -0.2) is 0 Å². The van der Waals surface area contributed by atoms with Crippen LogP contribution in [-0.2, 0) is 27.2 Å². The third-order valence-electron chi connectivity index (χ3n) is 6.19. The molecule has 7 heteroatoms. The minimum absolute atomic E-state index is 0.0763. The van der Waals surface area contributed by atoms with E-state index in [-0.39, 0.29) is 11.9 Å². The van der Waals surface area contributed by atoms with Gasteiger partial charge in [-0.05, 0) is 44.7 Å². The summed E-state index contributed by atoms with van der Waals surface area (Å²) < 4.78 is 13.3. The van der Waals surface area contributed by atoms with Crippen LogP contribution in [0.5, 0.6) is 0 Å². The molecule has 0 spiro atoms. The number of amides is 1. The standard InChI is InChI=1S/C23H34N4O3/c1-4-19-18-8-11-26(10-5-12-29-3)21(18)14-20(25-19)16(2)27(17-6-7-17)23(28)22-15-24-9-13-30-22/h8,11,14,16-17,22,24H,4-7,9-10,12-13,15H2,1-3H3/t16-,22-/m1/s1. The number of methoxy groups -OCH3 is 1. The maximum atomic E-state index is 13.3. The van der Waals surface area contributed by atoms with Crippen LogP contribution in [0.3, 0.4) is 0 Å². The average Bonchev–Trinajstić information content (AvgIpc) is 3.53. The quantitative estimate of drug-likeness (QED) is 0.639. The maximum absolute atomic E-state index is 13.3. The van der Waals surface area contributed by atoms with E-state index in [0.717, 1.165) is 56.8 Å². The van der Waals surface area contributed by atoms with Gasteiger partial charge in [0, 0.05) is 56.7 Å². The van der Waals surface area contributed by atoms with E-state index >= 15 is 0 Å². The molecule has 4 rings (SSSR count). The van der Waals surface area contributed by atoms with E-state index in [1.54, 1.807) is 7.11 Å². The van der Waals surface area contributed by atoms with E-state index in [9.17, 15) is 4.79 Å². The number of ether oxygens (including phenoxy) is 2. The van der Waals surface area contributed by atoms with Gasteiger partial charge in [-0.3, -0.25) is 9.78 Å². The van der Waals surface area contributed by atoms with Gasteiger partial charge in [0.25, 0.3) is 5.91 Å². The van der Waals surface area contributed by atoms with Gasteiger partial charge in [0.15, 0.2) is 0 Å². The zero-order valence-corrected chi connectivity index (χ0v) is 18.4. The molecule has 0 aromatic carbocycles. The Labute approximate surface area is 178 Å². The Hall–Kier alpha value is -1.96. The van der Waals surface area contributed by atoms with Gasteiger partial charge >= 0.3 is 0 Å². The summed E-state index contributed by atoms with van der Waals surface area (Å²) in [6.07, 6.45) is 5.70. The molecule has 2 atom stereocenters. The molecule has 2 fully saturated rings. The Morgan fingerprint density at radius 1 is 1.47 bits per heavy atom. The average molecular weight is 415 g/mol. The van der Waals surface area contributed by atoms with Crippen molar-refractivity contribution in [1.82, 2.24) is 19.8 Å². The number of pyridine rings is 1. The normalized spacial score (nSPS) is 20.4. The molecule has 30 heavy (non-hydrogen) atoms. The summed E-state index contributed by atoms with van der Waals surface area (Å²) in [6, 6.07) is 4.56. The lowest BCUT2D eigenvalue weighted by Crippen LogP contribution is -2.50. The highest BCUT2D eigenvalue weighted by Crippen LogP contribution is 2.36. The zero-order chi connectivity index (χ0) is 21.1. The van der Waals surface area contributed by atoms with Crippen LogP contribution in [0, 0.1) is 0 Å². The van der Waals surface area contributed by atoms with Gasteiger partial charge in [-0.2, -0.15) is 0 Å². The van der Waals surface area contributed by atoms with Crippen LogP contribution in [-0.4, -0.2) is 65.9 Å². The minimum atomic E-state index is -0.394. The number of rotatable bonds is 9. The molecule has 164 valence electrons. The maximum Gasteiger partial charge on any atom is 0.253 e. The van der Waals surface area contributed by atoms with Gasteiger partial charge in [0.05, 0.1) is 23.9 Å². The number of morpholine rings is 1. The molecule has 2 aliphatic rings. The molecule has 0 unspecified atom stereocenters. The van der Waals surface area contributed by atoms with Crippen molar-refractivity contribution < 1.29 is 14.3 Å². The number of nitrogens with one attached hydrogen (secondary N) is 1. The molecule has 1 saturated carbocycles. The fourth-order valence-corrected chi connectivity index (χ4v) is 4.41. The van der Waals surface area contributed by atoms with Crippen LogP contribution in [0.4, 0.5) is 0 Å². The monoisotopic (exact) mass is 414 g/mol. The van der Waals surface area contributed by atoms with E-state index in [2.05, 4.69) is 42.1 Å². The first kappa shape index (κ1) is 21.3. The SMILES string of the molecule is CCc1nc([C@@H](C)N(C(=O)[C@H]2CNCCO2)C2CC2)cc2c1ccn2CCCOC. The first-order chi connectivity index (χ1) is 14.6. The van der Waals surface area contributed by atoms with Gasteiger partial charge in [-0.1, -0.05) is 6.92 Å². The lowest BCUT2D eigenvalue weighted by atomic mass is 10.1. The number of carbonyl (C=O) groups is 1. The van der Waals surface area contributed by atoms with E-state index in [1.165, 1.54) is 10.9 Å². The summed E-state index contributed by atoms with van der Waals surface area (Å²) >= 11 is 0. The van der Waals surface area contributed by atoms with Crippen molar-refractivity contribution >= 4 is 16.8 Å². The van der Waals surface area contributed by atoms with Crippen molar-refractivity contribution in [2.75, 3.05) is 33.4 Å². The van der Waals surface area contributed by atoms with Crippen LogP contribution in [0.15, 0.2) is 18.3 Å². The molecule has 1 aliphatic heterocycles. The Morgan fingerprint density at radius 3 is 2.97 bits per heavy atom. The summed E-state index contributed by atoms with van der Waals surface area (Å²) in [5, 5.41) is 4.48. The first-order valence-corrected chi connectivity index (χ1v) is 11.3. The Balaban J connectivity index is 1.64. The number of carbonyl (C=O) groups excluding carboxylic acids is 1. The third kappa shape index (κ3) is 4.38. The minimum Gasteiger partial charge on any atom is -0.385 e. The van der Waals surface area contributed by atoms with E-state index < -0.39 is 6.10 Å². The molecule has 1 saturated heterocycles. The molecule has 0 bridgehead atoms. The van der Waals surface area contributed by atoms with Gasteiger partial charge < -0.3 is 24.3 Å². The van der Waals surface area contributed by atoms with Crippen LogP contribution >= 0.6 is 0 Å². The predicted octanol–water partition coefficient (Wildman–Crippen LogP) is 2.68. The smallest absolute Gasteiger partial charge is 0.253 e. The largest absolute Gasteiger partial charge is 0.385 e. The Morgan fingerprint density at radius 2 is 2.30 bits per heavy atom. The number of hydrogen-bond donors (Lipinski definition) is 1. The van der Waals surface area contributed by atoms with E-state index in [1.807, 2.05) is 4.90 Å². The molecule has 2 aromatic rings. The second kappa shape index (κ2) is 9.45. The van der Waals surface area contributed by atoms with Crippen LogP contribution < -0.4 is 5.32 Å². The number of nitrogens with zero attached hydrogens (tertiary/aromatic N) is 3. The van der Waals surface area contributed by atoms with Crippen molar-refractivity contribution in [1.29, 1.82) is 0 Å². The highest BCUT2D eigenvalue weighted by atomic mass is 16.5. The number of fused-ring (bicyclic) bond motifs is 1. The second-order valence-electron chi connectivity index (χ2n) is 8.35. The first-order valence-electron chi connectivity index (χ1n) is 11.3. The van der Waals surface area contributed by atoms with Crippen LogP contribution in [0.2, 0.25) is 0 Å². The lowest BCUT2D eigenvalue weighted by Gasteiger charge is -2.34. The van der Waals surface area contributed by atoms with Crippen LogP contribution in [0.1, 0.15) is 50.5 Å². The number of aromatic nitrogens is 2. The lowest BCUT2D eigenvalue weighted by molar-refractivity contribution is -0.148.